The van der Waals surface area contributed by atoms with Crippen molar-refractivity contribution in [2.45, 2.75) is 0 Å². The van der Waals surface area contributed by atoms with Gasteiger partial charge in [-0.15, -0.1) is 0 Å². The molecule has 0 amide bonds. The predicted octanol–water partition coefficient (Wildman–Crippen LogP) is 6.24. The third-order valence-electron chi connectivity index (χ3n) is 5.74. The van der Waals surface area contributed by atoms with Crippen LogP contribution >= 0.6 is 0 Å². The second-order valence-corrected chi connectivity index (χ2v) is 8.03. The fraction of sp³-hybridized carbons (Fsp3) is 0.0667. The molecule has 4 aromatic carbocycles. The summed E-state index contributed by atoms with van der Waals surface area (Å²) in [6, 6.07) is 29.8. The molecule has 0 aromatic heterocycles. The van der Waals surface area contributed by atoms with Crippen molar-refractivity contribution in [1.82, 2.24) is 0 Å². The first-order valence-corrected chi connectivity index (χ1v) is 11.1. The average Bonchev–Trinajstić information content (AvgIpc) is 3.22. The van der Waals surface area contributed by atoms with Crippen molar-refractivity contribution in [2.24, 2.45) is 0 Å². The highest BCUT2D eigenvalue weighted by atomic mass is 16.5. The Balaban J connectivity index is 1.26. The zero-order valence-electron chi connectivity index (χ0n) is 19.1. The van der Waals surface area contributed by atoms with Crippen molar-refractivity contribution in [3.8, 4) is 28.4 Å². The lowest BCUT2D eigenvalue weighted by Crippen LogP contribution is -2.11. The summed E-state index contributed by atoms with van der Waals surface area (Å²) in [7, 11) is 1.57. The van der Waals surface area contributed by atoms with Crippen molar-refractivity contribution < 1.29 is 23.8 Å². The van der Waals surface area contributed by atoms with Crippen LogP contribution in [0.3, 0.4) is 0 Å². The zero-order valence-corrected chi connectivity index (χ0v) is 19.1. The molecule has 5 nitrogen and oxygen atoms in total. The van der Waals surface area contributed by atoms with Crippen LogP contribution in [0, 0.1) is 0 Å². The number of fused-ring (bicyclic) bond motifs is 1. The summed E-state index contributed by atoms with van der Waals surface area (Å²) in [6.45, 7) is -0.129. The molecular formula is C30H22O5. The summed E-state index contributed by atoms with van der Waals surface area (Å²) in [5.74, 6) is 1.44. The lowest BCUT2D eigenvalue weighted by Gasteiger charge is -2.07. The number of hydrogen-bond acceptors (Lipinski definition) is 5. The largest absolute Gasteiger partial charge is 0.497 e. The number of Topliss-reactive ketones (excluding diaryl/α,β-unsaturated/α-hetero) is 2. The molecule has 35 heavy (non-hydrogen) atoms. The summed E-state index contributed by atoms with van der Waals surface area (Å²) >= 11 is 0. The van der Waals surface area contributed by atoms with E-state index in [0.717, 1.165) is 16.7 Å². The number of ketones is 2. The Morgan fingerprint density at radius 3 is 2.23 bits per heavy atom. The molecule has 0 bridgehead atoms. The summed E-state index contributed by atoms with van der Waals surface area (Å²) in [6.07, 6.45) is 1.73. The highest BCUT2D eigenvalue weighted by Gasteiger charge is 2.27. The molecular weight excluding hydrogens is 440 g/mol. The Morgan fingerprint density at radius 2 is 1.51 bits per heavy atom. The van der Waals surface area contributed by atoms with Gasteiger partial charge in [0.2, 0.25) is 5.78 Å². The lowest BCUT2D eigenvalue weighted by atomic mass is 10.0. The lowest BCUT2D eigenvalue weighted by molar-refractivity contribution is 0.0920. The summed E-state index contributed by atoms with van der Waals surface area (Å²) in [4.78, 5) is 25.2. The van der Waals surface area contributed by atoms with Crippen LogP contribution in [0.15, 0.2) is 103 Å². The minimum Gasteiger partial charge on any atom is -0.497 e. The molecule has 5 rings (SSSR count). The monoisotopic (exact) mass is 462 g/mol. The highest BCUT2D eigenvalue weighted by Crippen LogP contribution is 2.35. The van der Waals surface area contributed by atoms with Crippen molar-refractivity contribution in [3.63, 3.8) is 0 Å². The first-order chi connectivity index (χ1) is 17.1. The van der Waals surface area contributed by atoms with E-state index in [4.69, 9.17) is 14.2 Å². The number of carbonyl (C=O) groups is 2. The van der Waals surface area contributed by atoms with Crippen LogP contribution in [0.25, 0.3) is 17.2 Å². The summed E-state index contributed by atoms with van der Waals surface area (Å²) in [5, 5.41) is 0. The molecule has 0 N–H and O–H groups in total. The first-order valence-electron chi connectivity index (χ1n) is 11.1. The Kier molecular flexibility index (Phi) is 6.14. The van der Waals surface area contributed by atoms with Gasteiger partial charge in [0, 0.05) is 11.6 Å². The van der Waals surface area contributed by atoms with Gasteiger partial charge in [-0.3, -0.25) is 9.59 Å². The van der Waals surface area contributed by atoms with E-state index in [2.05, 4.69) is 12.1 Å². The molecule has 0 fully saturated rings. The molecule has 1 aliphatic rings. The van der Waals surface area contributed by atoms with Gasteiger partial charge in [-0.1, -0.05) is 54.6 Å². The standard InChI is InChI=1S/C30H22O5/c1-33-24-13-11-23(12-14-24)27(31)19-34-25-15-16-26-28(18-25)35-29(30(26)32)17-20-7-9-22(10-8-20)21-5-3-2-4-6-21/h2-18H,19H2,1H3/b29-17-. The molecule has 1 heterocycles. The van der Waals surface area contributed by atoms with Crippen molar-refractivity contribution in [1.29, 1.82) is 0 Å². The quantitative estimate of drug-likeness (QED) is 0.240. The maximum Gasteiger partial charge on any atom is 0.231 e. The van der Waals surface area contributed by atoms with E-state index in [1.165, 1.54) is 0 Å². The molecule has 5 heteroatoms. The maximum absolute atomic E-state index is 12.8. The zero-order chi connectivity index (χ0) is 24.2. The smallest absolute Gasteiger partial charge is 0.231 e. The molecule has 0 spiro atoms. The van der Waals surface area contributed by atoms with Crippen molar-refractivity contribution in [2.75, 3.05) is 13.7 Å². The molecule has 0 saturated heterocycles. The van der Waals surface area contributed by atoms with Crippen LogP contribution in [0.2, 0.25) is 0 Å². The molecule has 0 unspecified atom stereocenters. The molecule has 0 atom stereocenters. The van der Waals surface area contributed by atoms with E-state index in [1.807, 2.05) is 42.5 Å². The normalized spacial score (nSPS) is 13.3. The van der Waals surface area contributed by atoms with Crippen LogP contribution < -0.4 is 14.2 Å². The number of allylic oxidation sites excluding steroid dienone is 1. The van der Waals surface area contributed by atoms with Crippen LogP contribution in [-0.4, -0.2) is 25.3 Å². The van der Waals surface area contributed by atoms with Gasteiger partial charge < -0.3 is 14.2 Å². The Hall–Kier alpha value is -4.64. The van der Waals surface area contributed by atoms with Gasteiger partial charge in [0.25, 0.3) is 0 Å². The second-order valence-electron chi connectivity index (χ2n) is 8.03. The van der Waals surface area contributed by atoms with E-state index in [1.54, 1.807) is 55.7 Å². The highest BCUT2D eigenvalue weighted by molar-refractivity contribution is 6.14. The average molecular weight is 463 g/mol. The van der Waals surface area contributed by atoms with Crippen LogP contribution in [0.1, 0.15) is 26.3 Å². The van der Waals surface area contributed by atoms with E-state index >= 15 is 0 Å². The molecule has 0 aliphatic carbocycles. The van der Waals surface area contributed by atoms with E-state index in [0.29, 0.717) is 28.4 Å². The number of methoxy groups -OCH3 is 1. The third kappa shape index (κ3) is 4.84. The summed E-state index contributed by atoms with van der Waals surface area (Å²) < 4.78 is 16.6. The minimum atomic E-state index is -0.187. The van der Waals surface area contributed by atoms with Crippen LogP contribution in [0.5, 0.6) is 17.2 Å². The van der Waals surface area contributed by atoms with Gasteiger partial charge in [0.15, 0.2) is 18.1 Å². The summed E-state index contributed by atoms with van der Waals surface area (Å²) in [5.41, 5.74) is 4.08. The number of ether oxygens (including phenoxy) is 3. The topological polar surface area (TPSA) is 61.8 Å². The molecule has 1 aliphatic heterocycles. The van der Waals surface area contributed by atoms with Gasteiger partial charge in [0.1, 0.15) is 17.2 Å². The third-order valence-corrected chi connectivity index (χ3v) is 5.74. The van der Waals surface area contributed by atoms with Crippen LogP contribution in [-0.2, 0) is 0 Å². The van der Waals surface area contributed by atoms with Crippen molar-refractivity contribution in [3.05, 3.63) is 120 Å². The van der Waals surface area contributed by atoms with E-state index in [-0.39, 0.29) is 23.9 Å². The molecule has 0 saturated carbocycles. The van der Waals surface area contributed by atoms with Crippen LogP contribution in [0.4, 0.5) is 0 Å². The number of carbonyl (C=O) groups excluding carboxylic acids is 2. The van der Waals surface area contributed by atoms with Gasteiger partial charge in [-0.2, -0.15) is 0 Å². The number of hydrogen-bond donors (Lipinski definition) is 0. The molecule has 172 valence electrons. The van der Waals surface area contributed by atoms with Crippen molar-refractivity contribution >= 4 is 17.6 Å². The number of rotatable bonds is 7. The molecule has 4 aromatic rings. The Morgan fingerprint density at radius 1 is 0.829 bits per heavy atom. The minimum absolute atomic E-state index is 0.129. The fourth-order valence-corrected chi connectivity index (χ4v) is 3.82. The van der Waals surface area contributed by atoms with Gasteiger partial charge in [0.05, 0.1) is 12.7 Å². The second kappa shape index (κ2) is 9.69. The van der Waals surface area contributed by atoms with Gasteiger partial charge in [-0.05, 0) is 59.2 Å². The first kappa shape index (κ1) is 22.2. The Bertz CT molecular complexity index is 1400. The van der Waals surface area contributed by atoms with Gasteiger partial charge in [-0.25, -0.2) is 0 Å². The van der Waals surface area contributed by atoms with Gasteiger partial charge >= 0.3 is 0 Å². The maximum atomic E-state index is 12.8. The SMILES string of the molecule is COc1ccc(C(=O)COc2ccc3c(c2)O/C(=C\c2ccc(-c4ccccc4)cc2)C3=O)cc1. The Labute approximate surface area is 203 Å². The van der Waals surface area contributed by atoms with E-state index < -0.39 is 0 Å². The van der Waals surface area contributed by atoms with E-state index in [9.17, 15) is 9.59 Å². The predicted molar refractivity (Wildman–Crippen MR) is 134 cm³/mol. The number of benzene rings is 4. The molecule has 0 radical (unpaired) electrons. The fourth-order valence-electron chi connectivity index (χ4n) is 3.82.